The van der Waals surface area contributed by atoms with Gasteiger partial charge in [-0.2, -0.15) is 0 Å². The number of fused-ring (bicyclic) bond motifs is 2. The molecular formula is C51H68HfSi5. The second-order valence-corrected chi connectivity index (χ2v) is 88.8. The Balaban J connectivity index is 1.45. The standard InChI is InChI=1S/2C21H27Si2.C7H8Si.2CH3.Hf/c2*1-22(2,3)18-13-17(14-19(15-18)23(4,5)6)21-12-8-10-16-9-7-11-20(16)21;1-8-7-5-3-2-4-6-7;;;/h2*7-15H,1-6H3;2-6H,1H3;2*1H3;. The zero-order valence-electron chi connectivity index (χ0n) is 37.8. The summed E-state index contributed by atoms with van der Waals surface area (Å²) in [7, 11) is -6.13. The van der Waals surface area contributed by atoms with Crippen molar-refractivity contribution in [3.05, 3.63) is 138 Å². The molecule has 7 rings (SSSR count). The van der Waals surface area contributed by atoms with Crippen molar-refractivity contribution in [2.45, 2.75) is 102 Å². The number of hydrogen-bond donors (Lipinski definition) is 0. The summed E-state index contributed by atoms with van der Waals surface area (Å²) >= 11 is -4.19. The first kappa shape index (κ1) is 42.7. The van der Waals surface area contributed by atoms with Crippen LogP contribution < -0.4 is 25.9 Å². The van der Waals surface area contributed by atoms with Crippen LogP contribution in [0.15, 0.2) is 115 Å². The Labute approximate surface area is 351 Å². The van der Waals surface area contributed by atoms with Gasteiger partial charge in [0.2, 0.25) is 0 Å². The molecule has 6 heteroatoms. The van der Waals surface area contributed by atoms with Crippen LogP contribution in [0.5, 0.6) is 0 Å². The Kier molecular flexibility index (Phi) is 10.9. The summed E-state index contributed by atoms with van der Waals surface area (Å²) in [5, 5.41) is 7.95. The van der Waals surface area contributed by atoms with E-state index in [1.807, 2.05) is 0 Å². The van der Waals surface area contributed by atoms with E-state index in [0.29, 0.717) is 7.35 Å². The van der Waals surface area contributed by atoms with Crippen molar-refractivity contribution in [1.29, 1.82) is 0 Å². The third-order valence-corrected chi connectivity index (χ3v) is 76.8. The molecule has 0 heterocycles. The van der Waals surface area contributed by atoms with E-state index in [-0.39, 0.29) is 0 Å². The van der Waals surface area contributed by atoms with Gasteiger partial charge in [-0.1, -0.05) is 0 Å². The van der Waals surface area contributed by atoms with Crippen molar-refractivity contribution >= 4 is 75.9 Å². The number of benzene rings is 5. The summed E-state index contributed by atoms with van der Waals surface area (Å²) in [6.45, 7) is 32.8. The summed E-state index contributed by atoms with van der Waals surface area (Å²) in [5.74, 6) is 0. The molecule has 0 saturated heterocycles. The van der Waals surface area contributed by atoms with E-state index in [9.17, 15) is 0 Å². The Bertz CT molecular complexity index is 2310. The van der Waals surface area contributed by atoms with Gasteiger partial charge in [-0.25, -0.2) is 0 Å². The predicted octanol–water partition coefficient (Wildman–Crippen LogP) is 12.4. The fraction of sp³-hybridized carbons (Fsp3) is 0.333. The molecule has 0 amide bonds. The summed E-state index contributed by atoms with van der Waals surface area (Å²) in [4.78, 5) is 0. The van der Waals surface area contributed by atoms with Gasteiger partial charge < -0.3 is 0 Å². The van der Waals surface area contributed by atoms with Gasteiger partial charge in [-0.05, 0) is 0 Å². The van der Waals surface area contributed by atoms with Crippen molar-refractivity contribution in [1.82, 2.24) is 0 Å². The average molecular weight is 1000 g/mol. The van der Waals surface area contributed by atoms with E-state index in [4.69, 9.17) is 0 Å². The van der Waals surface area contributed by atoms with Gasteiger partial charge in [-0.15, -0.1) is 0 Å². The zero-order valence-corrected chi connectivity index (χ0v) is 46.4. The summed E-state index contributed by atoms with van der Waals surface area (Å²) in [6.07, 6.45) is 10.5. The molecular weight excluding hydrogens is 931 g/mol. The maximum absolute atomic E-state index is 4.19. The summed E-state index contributed by atoms with van der Waals surface area (Å²) in [5.41, 5.74) is 10.9. The second kappa shape index (κ2) is 14.6. The molecule has 0 nitrogen and oxygen atoms in total. The van der Waals surface area contributed by atoms with Crippen LogP contribution in [0.3, 0.4) is 0 Å². The minimum absolute atomic E-state index is 0.464. The maximum atomic E-state index is 2.89. The quantitative estimate of drug-likeness (QED) is 0.129. The predicted molar refractivity (Wildman–Crippen MR) is 269 cm³/mol. The van der Waals surface area contributed by atoms with Gasteiger partial charge in [0.25, 0.3) is 0 Å². The average Bonchev–Trinajstić information content (AvgIpc) is 3.80. The van der Waals surface area contributed by atoms with Gasteiger partial charge in [0.15, 0.2) is 0 Å². The van der Waals surface area contributed by atoms with E-state index in [1.54, 1.807) is 37.1 Å². The molecule has 296 valence electrons. The first-order valence-corrected chi connectivity index (χ1v) is 54.2. The van der Waals surface area contributed by atoms with E-state index < -0.39 is 54.9 Å². The molecule has 0 radical (unpaired) electrons. The van der Waals surface area contributed by atoms with Crippen LogP contribution in [-0.2, 0) is 17.1 Å². The van der Waals surface area contributed by atoms with Gasteiger partial charge in [0.1, 0.15) is 0 Å². The van der Waals surface area contributed by atoms with Crippen molar-refractivity contribution in [2.24, 2.45) is 0 Å². The minimum atomic E-state index is -4.19. The molecule has 2 aliphatic carbocycles. The molecule has 2 unspecified atom stereocenters. The summed E-state index contributed by atoms with van der Waals surface area (Å²) in [6, 6.07) is 41.8. The molecule has 0 saturated carbocycles. The van der Waals surface area contributed by atoms with Crippen LogP contribution in [0, 0.1) is 0 Å². The number of rotatable bonds is 9. The molecule has 0 fully saturated rings. The summed E-state index contributed by atoms with van der Waals surface area (Å²) < 4.78 is 6.70. The monoisotopic (exact) mass is 1000 g/mol. The Morgan fingerprint density at radius 1 is 0.439 bits per heavy atom. The number of allylic oxidation sites excluding steroid dienone is 2. The second-order valence-electron chi connectivity index (χ2n) is 22.5. The number of hydrogen-bond acceptors (Lipinski definition) is 0. The SMILES string of the molecule is C[Si](c1ccccc1)=[Hf]([CH3])([CH3])([CH]1C=Cc2c(-c3cc([Si](C)(C)C)cc([Si](C)(C)C)c3)cccc21)[CH]1C=Cc2c(-c3cc([Si](C)(C)C)cc([Si](C)(C)C)c3)cccc21. The fourth-order valence-corrected chi connectivity index (χ4v) is 58.2. The van der Waals surface area contributed by atoms with Crippen molar-refractivity contribution in [3.63, 3.8) is 0 Å². The zero-order chi connectivity index (χ0) is 41.5. The van der Waals surface area contributed by atoms with E-state index >= 15 is 0 Å². The first-order valence-electron chi connectivity index (χ1n) is 21.4. The van der Waals surface area contributed by atoms with Crippen LogP contribution in [0.25, 0.3) is 34.4 Å². The van der Waals surface area contributed by atoms with Crippen molar-refractivity contribution < 1.29 is 17.1 Å². The molecule has 2 atom stereocenters. The van der Waals surface area contributed by atoms with Crippen LogP contribution >= 0.6 is 0 Å². The van der Waals surface area contributed by atoms with E-state index in [1.165, 1.54) is 33.4 Å². The first-order chi connectivity index (χ1) is 26.4. The molecule has 5 aromatic rings. The Morgan fingerprint density at radius 2 is 0.789 bits per heavy atom. The molecule has 2 aliphatic rings. The van der Waals surface area contributed by atoms with Crippen LogP contribution in [-0.4, -0.2) is 37.8 Å². The van der Waals surface area contributed by atoms with Gasteiger partial charge in [-0.3, -0.25) is 0 Å². The van der Waals surface area contributed by atoms with Gasteiger partial charge >= 0.3 is 355 Å². The fourth-order valence-electron chi connectivity index (χ4n) is 9.83. The van der Waals surface area contributed by atoms with Crippen LogP contribution in [0.4, 0.5) is 0 Å². The van der Waals surface area contributed by atoms with Crippen LogP contribution in [0.2, 0.25) is 94.5 Å². The molecule has 0 aliphatic heterocycles. The van der Waals surface area contributed by atoms with Gasteiger partial charge in [0, 0.05) is 0 Å². The molecule has 5 aromatic carbocycles. The third kappa shape index (κ3) is 7.74. The van der Waals surface area contributed by atoms with Gasteiger partial charge in [0.05, 0.1) is 0 Å². The Hall–Kier alpha value is -2.47. The normalized spacial score (nSPS) is 17.2. The molecule has 0 bridgehead atoms. The van der Waals surface area contributed by atoms with Crippen LogP contribution in [0.1, 0.15) is 29.6 Å². The molecule has 0 N–H and O–H groups in total. The van der Waals surface area contributed by atoms with Crippen molar-refractivity contribution in [2.75, 3.05) is 0 Å². The van der Waals surface area contributed by atoms with Crippen molar-refractivity contribution in [3.8, 4) is 22.3 Å². The topological polar surface area (TPSA) is 0 Å². The molecule has 0 aromatic heterocycles. The Morgan fingerprint density at radius 3 is 1.12 bits per heavy atom. The molecule has 0 spiro atoms. The van der Waals surface area contributed by atoms with E-state index in [2.05, 4.69) is 222 Å². The molecule has 57 heavy (non-hydrogen) atoms. The van der Waals surface area contributed by atoms with E-state index in [0.717, 1.165) is 0 Å². The third-order valence-electron chi connectivity index (χ3n) is 14.1.